The molecule has 0 aliphatic rings. The lowest BCUT2D eigenvalue weighted by Gasteiger charge is -2.21. The quantitative estimate of drug-likeness (QED) is 0.367. The van der Waals surface area contributed by atoms with Crippen LogP contribution in [0.15, 0.2) is 60.8 Å². The van der Waals surface area contributed by atoms with Crippen LogP contribution in [0.2, 0.25) is 0 Å². The molecule has 0 saturated carbocycles. The van der Waals surface area contributed by atoms with Gasteiger partial charge in [0.2, 0.25) is 0 Å². The number of carbonyl (C=O) groups excluding carboxylic acids is 1. The highest BCUT2D eigenvalue weighted by molar-refractivity contribution is 6.09. The van der Waals surface area contributed by atoms with E-state index in [1.807, 2.05) is 50.2 Å². The predicted molar refractivity (Wildman–Crippen MR) is 128 cm³/mol. The maximum atomic E-state index is 13.6. The van der Waals surface area contributed by atoms with Crippen LogP contribution in [0.4, 0.5) is 8.78 Å². The summed E-state index contributed by atoms with van der Waals surface area (Å²) in [5, 5.41) is 3.67. The van der Waals surface area contributed by atoms with E-state index in [9.17, 15) is 13.6 Å². The molecule has 176 valence electrons. The molecule has 5 nitrogen and oxygen atoms in total. The summed E-state index contributed by atoms with van der Waals surface area (Å²) in [5.74, 6) is -1.44. The predicted octanol–water partition coefficient (Wildman–Crippen LogP) is 5.99. The van der Waals surface area contributed by atoms with Gasteiger partial charge in [0.15, 0.2) is 11.6 Å². The fourth-order valence-electron chi connectivity index (χ4n) is 4.34. The van der Waals surface area contributed by atoms with Crippen LogP contribution in [-0.4, -0.2) is 22.6 Å². The lowest BCUT2D eigenvalue weighted by molar-refractivity contribution is 0.0950. The zero-order valence-corrected chi connectivity index (χ0v) is 19.6. The van der Waals surface area contributed by atoms with Crippen LogP contribution in [0, 0.1) is 11.6 Å². The highest BCUT2D eigenvalue weighted by atomic mass is 19.2. The zero-order valence-electron chi connectivity index (χ0n) is 19.6. The van der Waals surface area contributed by atoms with Gasteiger partial charge in [0.25, 0.3) is 5.91 Å². The number of pyridine rings is 1. The van der Waals surface area contributed by atoms with Crippen molar-refractivity contribution in [2.75, 3.05) is 7.11 Å². The number of nitrogens with zero attached hydrogens (tertiary/aromatic N) is 2. The summed E-state index contributed by atoms with van der Waals surface area (Å²) in [7, 11) is 1.61. The third kappa shape index (κ3) is 4.38. The number of ether oxygens (including phenoxy) is 1. The number of aromatic nitrogens is 2. The second-order valence-electron chi connectivity index (χ2n) is 8.53. The number of amides is 1. The van der Waals surface area contributed by atoms with E-state index in [1.54, 1.807) is 13.3 Å². The summed E-state index contributed by atoms with van der Waals surface area (Å²) in [6.07, 6.45) is 1.75. The molecule has 0 saturated heterocycles. The van der Waals surface area contributed by atoms with Crippen LogP contribution >= 0.6 is 0 Å². The van der Waals surface area contributed by atoms with Gasteiger partial charge in [0, 0.05) is 29.9 Å². The third-order valence-corrected chi connectivity index (χ3v) is 5.96. The average molecular weight is 464 g/mol. The maximum absolute atomic E-state index is 13.6. The number of hydrogen-bond acceptors (Lipinski definition) is 3. The van der Waals surface area contributed by atoms with Gasteiger partial charge in [-0.2, -0.15) is 0 Å². The van der Waals surface area contributed by atoms with E-state index in [0.29, 0.717) is 16.9 Å². The fraction of sp³-hybridized carbons (Fsp3) is 0.259. The molecule has 0 spiro atoms. The van der Waals surface area contributed by atoms with E-state index in [1.165, 1.54) is 6.07 Å². The number of methoxy groups -OCH3 is 1. The van der Waals surface area contributed by atoms with Gasteiger partial charge in [-0.15, -0.1) is 0 Å². The van der Waals surface area contributed by atoms with Gasteiger partial charge in [-0.05, 0) is 54.8 Å². The summed E-state index contributed by atoms with van der Waals surface area (Å²) in [4.78, 5) is 18.0. The molecule has 2 aromatic heterocycles. The Morgan fingerprint density at radius 3 is 2.50 bits per heavy atom. The number of rotatable bonds is 7. The van der Waals surface area contributed by atoms with Gasteiger partial charge in [-0.3, -0.25) is 9.78 Å². The van der Waals surface area contributed by atoms with Gasteiger partial charge < -0.3 is 14.6 Å². The molecular weight excluding hydrogens is 436 g/mol. The van der Waals surface area contributed by atoms with Crippen LogP contribution in [0.3, 0.4) is 0 Å². The van der Waals surface area contributed by atoms with Gasteiger partial charge in [0.05, 0.1) is 29.9 Å². The standard InChI is InChI=1S/C27H27F2N3O2/c1-16(2)26-25(27(33)31-15-18-8-11-21(28)22(29)13-18)20-10-9-19(34-4)14-24(20)32(26)17(3)23-7-5-6-12-30-23/h5-14,16-17H,15H2,1-4H3,(H,31,33). The molecule has 1 unspecified atom stereocenters. The highest BCUT2D eigenvalue weighted by Gasteiger charge is 2.28. The molecule has 4 aromatic rings. The first kappa shape index (κ1) is 23.4. The minimum atomic E-state index is -0.942. The molecule has 1 atom stereocenters. The molecule has 0 aliphatic heterocycles. The Hall–Kier alpha value is -3.74. The van der Waals surface area contributed by atoms with Crippen LogP contribution in [0.5, 0.6) is 5.75 Å². The Morgan fingerprint density at radius 1 is 1.06 bits per heavy atom. The molecule has 7 heteroatoms. The fourth-order valence-corrected chi connectivity index (χ4v) is 4.34. The average Bonchev–Trinajstić information content (AvgIpc) is 3.19. The van der Waals surface area contributed by atoms with Gasteiger partial charge in [-0.1, -0.05) is 26.0 Å². The normalized spacial score (nSPS) is 12.2. The topological polar surface area (TPSA) is 56.1 Å². The molecule has 4 rings (SSSR count). The second kappa shape index (κ2) is 9.63. The van der Waals surface area contributed by atoms with Crippen molar-refractivity contribution < 1.29 is 18.3 Å². The second-order valence-corrected chi connectivity index (χ2v) is 8.53. The summed E-state index contributed by atoms with van der Waals surface area (Å²) in [5.41, 5.74) is 3.63. The molecule has 34 heavy (non-hydrogen) atoms. The van der Waals surface area contributed by atoms with Crippen LogP contribution < -0.4 is 10.1 Å². The van der Waals surface area contributed by atoms with Crippen molar-refractivity contribution in [1.82, 2.24) is 14.9 Å². The Labute approximate surface area is 197 Å². The first-order valence-corrected chi connectivity index (χ1v) is 11.2. The highest BCUT2D eigenvalue weighted by Crippen LogP contribution is 2.37. The molecular formula is C27H27F2N3O2. The van der Waals surface area contributed by atoms with E-state index in [2.05, 4.69) is 21.8 Å². The Morgan fingerprint density at radius 2 is 1.85 bits per heavy atom. The molecule has 2 heterocycles. The SMILES string of the molecule is COc1ccc2c(C(=O)NCc3ccc(F)c(F)c3)c(C(C)C)n(C(C)c3ccccn3)c2c1. The number of benzene rings is 2. The van der Waals surface area contributed by atoms with Crippen LogP contribution in [0.25, 0.3) is 10.9 Å². The Kier molecular flexibility index (Phi) is 6.63. The summed E-state index contributed by atoms with van der Waals surface area (Å²) >= 11 is 0. The summed E-state index contributed by atoms with van der Waals surface area (Å²) in [6, 6.07) is 14.9. The lowest BCUT2D eigenvalue weighted by Crippen LogP contribution is -2.25. The summed E-state index contributed by atoms with van der Waals surface area (Å²) in [6.45, 7) is 6.21. The van der Waals surface area contributed by atoms with Crippen molar-refractivity contribution in [2.45, 2.75) is 39.3 Å². The van der Waals surface area contributed by atoms with Crippen LogP contribution in [-0.2, 0) is 6.54 Å². The number of fused-ring (bicyclic) bond motifs is 1. The van der Waals surface area contributed by atoms with E-state index >= 15 is 0 Å². The lowest BCUT2D eigenvalue weighted by atomic mass is 10.0. The largest absolute Gasteiger partial charge is 0.497 e. The third-order valence-electron chi connectivity index (χ3n) is 5.96. The van der Waals surface area contributed by atoms with Crippen molar-refractivity contribution in [3.63, 3.8) is 0 Å². The number of carbonyl (C=O) groups is 1. The molecule has 1 N–H and O–H groups in total. The van der Waals surface area contributed by atoms with Gasteiger partial charge >= 0.3 is 0 Å². The van der Waals surface area contributed by atoms with Crippen molar-refractivity contribution in [1.29, 1.82) is 0 Å². The number of hydrogen-bond donors (Lipinski definition) is 1. The molecule has 0 radical (unpaired) electrons. The van der Waals surface area contributed by atoms with E-state index < -0.39 is 11.6 Å². The first-order chi connectivity index (χ1) is 16.3. The van der Waals surface area contributed by atoms with Crippen molar-refractivity contribution in [3.8, 4) is 5.75 Å². The Bertz CT molecular complexity index is 1330. The zero-order chi connectivity index (χ0) is 24.4. The molecule has 1 amide bonds. The maximum Gasteiger partial charge on any atom is 0.254 e. The monoisotopic (exact) mass is 463 g/mol. The van der Waals surface area contributed by atoms with Crippen molar-refractivity contribution in [3.05, 3.63) is 94.9 Å². The van der Waals surface area contributed by atoms with E-state index in [-0.39, 0.29) is 24.4 Å². The number of nitrogens with one attached hydrogen (secondary N) is 1. The van der Waals surface area contributed by atoms with Crippen LogP contribution in [0.1, 0.15) is 60.0 Å². The molecule has 0 bridgehead atoms. The van der Waals surface area contributed by atoms with E-state index in [0.717, 1.165) is 34.4 Å². The molecule has 0 fully saturated rings. The van der Waals surface area contributed by atoms with Gasteiger partial charge in [0.1, 0.15) is 5.75 Å². The summed E-state index contributed by atoms with van der Waals surface area (Å²) < 4.78 is 34.5. The number of halogens is 2. The van der Waals surface area contributed by atoms with Gasteiger partial charge in [-0.25, -0.2) is 8.78 Å². The smallest absolute Gasteiger partial charge is 0.254 e. The van der Waals surface area contributed by atoms with Crippen molar-refractivity contribution in [2.24, 2.45) is 0 Å². The van der Waals surface area contributed by atoms with Crippen molar-refractivity contribution >= 4 is 16.8 Å². The molecule has 2 aromatic carbocycles. The molecule has 0 aliphatic carbocycles. The van der Waals surface area contributed by atoms with E-state index in [4.69, 9.17) is 4.74 Å². The Balaban J connectivity index is 1.82. The minimum absolute atomic E-state index is 0.0218. The minimum Gasteiger partial charge on any atom is -0.497 e. The first-order valence-electron chi connectivity index (χ1n) is 11.2.